The lowest BCUT2D eigenvalue weighted by Gasteiger charge is -2.36. The third-order valence-electron chi connectivity index (χ3n) is 3.95. The quantitative estimate of drug-likeness (QED) is 0.380. The van der Waals surface area contributed by atoms with Crippen LogP contribution in [0.2, 0.25) is 0 Å². The molecule has 0 aromatic rings. The van der Waals surface area contributed by atoms with Gasteiger partial charge in [-0.3, -0.25) is 4.99 Å². The number of guanidine groups is 1. The Morgan fingerprint density at radius 2 is 2.23 bits per heavy atom. The Labute approximate surface area is 134 Å². The summed E-state index contributed by atoms with van der Waals surface area (Å²) in [6, 6.07) is 0. The summed E-state index contributed by atoms with van der Waals surface area (Å²) in [4.78, 5) is 4.64. The number of nitrogens with zero attached hydrogens (tertiary/aromatic N) is 1. The third kappa shape index (κ3) is 6.10. The van der Waals surface area contributed by atoms with Crippen molar-refractivity contribution in [2.45, 2.75) is 39.2 Å². The summed E-state index contributed by atoms with van der Waals surface area (Å²) in [5.74, 6) is 0.884. The highest BCUT2D eigenvalue weighted by atomic mass is 16.5. The summed E-state index contributed by atoms with van der Waals surface area (Å²) in [6.07, 6.45) is 3.59. The standard InChI is InChI=1S/C16H31N3O3/c1-3-17-15(19-11-16(2)12-21-13-16)18-7-5-8-20-10-14-6-4-9-22-14/h14H,3-13H2,1-2H3,(H2,17,18,19). The second-order valence-corrected chi connectivity index (χ2v) is 6.49. The molecule has 22 heavy (non-hydrogen) atoms. The van der Waals surface area contributed by atoms with Gasteiger partial charge in [0.25, 0.3) is 0 Å². The van der Waals surface area contributed by atoms with Crippen LogP contribution in [0.4, 0.5) is 0 Å². The Morgan fingerprint density at radius 3 is 2.86 bits per heavy atom. The number of nitrogens with one attached hydrogen (secondary N) is 2. The Bertz CT molecular complexity index is 340. The van der Waals surface area contributed by atoms with Gasteiger partial charge in [0.15, 0.2) is 5.96 Å². The smallest absolute Gasteiger partial charge is 0.191 e. The predicted octanol–water partition coefficient (Wildman–Crippen LogP) is 1.16. The molecule has 0 aliphatic carbocycles. The molecule has 2 aliphatic rings. The molecule has 2 rings (SSSR count). The van der Waals surface area contributed by atoms with E-state index in [0.29, 0.717) is 6.10 Å². The number of rotatable bonds is 9. The van der Waals surface area contributed by atoms with Gasteiger partial charge in [-0.05, 0) is 26.2 Å². The van der Waals surface area contributed by atoms with Gasteiger partial charge in [0.2, 0.25) is 0 Å². The largest absolute Gasteiger partial charge is 0.380 e. The summed E-state index contributed by atoms with van der Waals surface area (Å²) in [7, 11) is 0. The van der Waals surface area contributed by atoms with Crippen LogP contribution in [0.15, 0.2) is 4.99 Å². The minimum atomic E-state index is 0.215. The van der Waals surface area contributed by atoms with Gasteiger partial charge < -0.3 is 24.8 Å². The molecule has 2 heterocycles. The zero-order valence-electron chi connectivity index (χ0n) is 14.0. The summed E-state index contributed by atoms with van der Waals surface area (Å²) in [6.45, 7) is 10.8. The monoisotopic (exact) mass is 313 g/mol. The second-order valence-electron chi connectivity index (χ2n) is 6.49. The van der Waals surface area contributed by atoms with Gasteiger partial charge in [-0.2, -0.15) is 0 Å². The zero-order chi connectivity index (χ0) is 15.7. The van der Waals surface area contributed by atoms with Crippen LogP contribution in [-0.2, 0) is 14.2 Å². The molecule has 0 saturated carbocycles. The lowest BCUT2D eigenvalue weighted by Crippen LogP contribution is -2.44. The SMILES string of the molecule is CCNC(=NCC1(C)COC1)NCCCOCC1CCCO1. The first-order valence-corrected chi connectivity index (χ1v) is 8.51. The third-order valence-corrected chi connectivity index (χ3v) is 3.95. The fraction of sp³-hybridized carbons (Fsp3) is 0.938. The van der Waals surface area contributed by atoms with E-state index in [-0.39, 0.29) is 5.41 Å². The van der Waals surface area contributed by atoms with Crippen molar-refractivity contribution in [1.82, 2.24) is 10.6 Å². The highest BCUT2D eigenvalue weighted by Gasteiger charge is 2.33. The number of ether oxygens (including phenoxy) is 3. The number of hydrogen-bond donors (Lipinski definition) is 2. The molecule has 128 valence electrons. The zero-order valence-corrected chi connectivity index (χ0v) is 14.0. The van der Waals surface area contributed by atoms with Crippen LogP contribution in [0.5, 0.6) is 0 Å². The van der Waals surface area contributed by atoms with E-state index in [2.05, 4.69) is 29.5 Å². The van der Waals surface area contributed by atoms with Crippen LogP contribution in [0, 0.1) is 5.41 Å². The minimum Gasteiger partial charge on any atom is -0.380 e. The van der Waals surface area contributed by atoms with Crippen LogP contribution < -0.4 is 10.6 Å². The summed E-state index contributed by atoms with van der Waals surface area (Å²) >= 11 is 0. The van der Waals surface area contributed by atoms with Gasteiger partial charge in [0.05, 0.1) is 32.5 Å². The minimum absolute atomic E-state index is 0.215. The topological polar surface area (TPSA) is 64.1 Å². The van der Waals surface area contributed by atoms with E-state index in [0.717, 1.165) is 71.5 Å². The van der Waals surface area contributed by atoms with Gasteiger partial charge in [0.1, 0.15) is 0 Å². The predicted molar refractivity (Wildman–Crippen MR) is 87.3 cm³/mol. The number of hydrogen-bond acceptors (Lipinski definition) is 4. The fourth-order valence-corrected chi connectivity index (χ4v) is 2.53. The highest BCUT2D eigenvalue weighted by molar-refractivity contribution is 5.79. The molecule has 1 atom stereocenters. The van der Waals surface area contributed by atoms with Crippen molar-refractivity contribution in [1.29, 1.82) is 0 Å². The molecule has 1 unspecified atom stereocenters. The Kier molecular flexibility index (Phi) is 7.42. The van der Waals surface area contributed by atoms with E-state index in [9.17, 15) is 0 Å². The first-order chi connectivity index (χ1) is 10.7. The molecule has 0 aromatic carbocycles. The molecular formula is C16H31N3O3. The van der Waals surface area contributed by atoms with Gasteiger partial charge in [-0.15, -0.1) is 0 Å². The average molecular weight is 313 g/mol. The van der Waals surface area contributed by atoms with Crippen LogP contribution in [0.1, 0.15) is 33.1 Å². The molecule has 0 aromatic heterocycles. The summed E-state index contributed by atoms with van der Waals surface area (Å²) in [5, 5.41) is 6.63. The van der Waals surface area contributed by atoms with E-state index in [1.165, 1.54) is 6.42 Å². The molecule has 6 nitrogen and oxygen atoms in total. The first kappa shape index (κ1) is 17.5. The van der Waals surface area contributed by atoms with Gasteiger partial charge >= 0.3 is 0 Å². The van der Waals surface area contributed by atoms with Gasteiger partial charge in [-0.25, -0.2) is 0 Å². The number of aliphatic imine (C=N–C) groups is 1. The fourth-order valence-electron chi connectivity index (χ4n) is 2.53. The van der Waals surface area contributed by atoms with Crippen molar-refractivity contribution >= 4 is 5.96 Å². The highest BCUT2D eigenvalue weighted by Crippen LogP contribution is 2.26. The second kappa shape index (κ2) is 9.33. The average Bonchev–Trinajstić information content (AvgIpc) is 2.99. The van der Waals surface area contributed by atoms with E-state index < -0.39 is 0 Å². The molecule has 6 heteroatoms. The maximum atomic E-state index is 5.66. The first-order valence-electron chi connectivity index (χ1n) is 8.51. The molecular weight excluding hydrogens is 282 g/mol. The lowest BCUT2D eigenvalue weighted by molar-refractivity contribution is -0.0945. The Hall–Kier alpha value is -0.850. The van der Waals surface area contributed by atoms with Crippen molar-refractivity contribution in [2.75, 3.05) is 52.7 Å². The van der Waals surface area contributed by atoms with Crippen molar-refractivity contribution in [3.63, 3.8) is 0 Å². The van der Waals surface area contributed by atoms with E-state index in [4.69, 9.17) is 14.2 Å². The maximum Gasteiger partial charge on any atom is 0.191 e. The Balaban J connectivity index is 1.54. The summed E-state index contributed by atoms with van der Waals surface area (Å²) in [5.41, 5.74) is 0.215. The van der Waals surface area contributed by atoms with Crippen LogP contribution in [-0.4, -0.2) is 64.7 Å². The normalized spacial score (nSPS) is 24.1. The van der Waals surface area contributed by atoms with Crippen LogP contribution in [0.25, 0.3) is 0 Å². The van der Waals surface area contributed by atoms with E-state index in [1.54, 1.807) is 0 Å². The Morgan fingerprint density at radius 1 is 1.36 bits per heavy atom. The molecule has 0 amide bonds. The molecule has 2 fully saturated rings. The van der Waals surface area contributed by atoms with Crippen molar-refractivity contribution < 1.29 is 14.2 Å². The molecule has 0 radical (unpaired) electrons. The van der Waals surface area contributed by atoms with Crippen molar-refractivity contribution in [3.05, 3.63) is 0 Å². The van der Waals surface area contributed by atoms with E-state index >= 15 is 0 Å². The molecule has 2 N–H and O–H groups in total. The maximum absolute atomic E-state index is 5.66. The molecule has 0 spiro atoms. The van der Waals surface area contributed by atoms with E-state index in [1.807, 2.05) is 0 Å². The van der Waals surface area contributed by atoms with Crippen LogP contribution in [0.3, 0.4) is 0 Å². The van der Waals surface area contributed by atoms with Gasteiger partial charge in [0, 0.05) is 31.7 Å². The van der Waals surface area contributed by atoms with Crippen LogP contribution >= 0.6 is 0 Å². The summed E-state index contributed by atoms with van der Waals surface area (Å²) < 4.78 is 16.4. The molecule has 2 aliphatic heterocycles. The molecule has 0 bridgehead atoms. The lowest BCUT2D eigenvalue weighted by atomic mass is 9.89. The van der Waals surface area contributed by atoms with Crippen molar-refractivity contribution in [2.24, 2.45) is 10.4 Å². The van der Waals surface area contributed by atoms with Crippen molar-refractivity contribution in [3.8, 4) is 0 Å². The van der Waals surface area contributed by atoms with Gasteiger partial charge in [-0.1, -0.05) is 6.92 Å². The molecule has 2 saturated heterocycles.